The van der Waals surface area contributed by atoms with Crippen molar-refractivity contribution >= 4 is 73.1 Å². The van der Waals surface area contributed by atoms with Crippen LogP contribution in [0.1, 0.15) is 12.8 Å². The molecule has 0 spiro atoms. The average Bonchev–Trinajstić information content (AvgIpc) is 2.75. The van der Waals surface area contributed by atoms with Crippen LogP contribution in [-0.2, 0) is 19.2 Å². The van der Waals surface area contributed by atoms with Crippen LogP contribution in [0.5, 0.6) is 0 Å². The molecule has 1 aliphatic rings. The van der Waals surface area contributed by atoms with Crippen LogP contribution in [0, 0.1) is 11.8 Å². The summed E-state index contributed by atoms with van der Waals surface area (Å²) in [6.45, 7) is 0.965. The van der Waals surface area contributed by atoms with E-state index in [9.17, 15) is 19.2 Å². The van der Waals surface area contributed by atoms with Gasteiger partial charge in [-0.2, -0.15) is 48.8 Å². The van der Waals surface area contributed by atoms with E-state index in [0.717, 1.165) is 24.3 Å². The molecule has 1 heterocycles. The minimum atomic E-state index is -0.112. The Labute approximate surface area is 195 Å². The summed E-state index contributed by atoms with van der Waals surface area (Å²) < 4.78 is 0. The number of nitrogens with zero attached hydrogens (tertiary/aromatic N) is 4. The molecule has 12 heteroatoms. The molecule has 0 radical (unpaired) electrons. The molecule has 0 saturated carbocycles. The van der Waals surface area contributed by atoms with Crippen molar-refractivity contribution in [2.45, 2.75) is 33.8 Å². The third-order valence-corrected chi connectivity index (χ3v) is 9.23. The summed E-state index contributed by atoms with van der Waals surface area (Å²) in [4.78, 5) is 56.0. The molecular formula is C18H24N4O4S4. The minimum absolute atomic E-state index is 0.0433. The van der Waals surface area contributed by atoms with Gasteiger partial charge >= 0.3 is 0 Å². The van der Waals surface area contributed by atoms with Crippen molar-refractivity contribution in [2.75, 3.05) is 37.7 Å². The number of thioether (sulfide) groups is 2. The summed E-state index contributed by atoms with van der Waals surface area (Å²) in [5.74, 6) is 1.66. The second kappa shape index (κ2) is 16.6. The Morgan fingerprint density at radius 1 is 0.667 bits per heavy atom. The van der Waals surface area contributed by atoms with Gasteiger partial charge in [-0.15, -0.1) is 0 Å². The number of hydrogen-bond acceptors (Lipinski definition) is 12. The zero-order chi connectivity index (χ0) is 22.2. The Morgan fingerprint density at radius 2 is 0.967 bits per heavy atom. The van der Waals surface area contributed by atoms with Crippen LogP contribution >= 0.6 is 48.8 Å². The van der Waals surface area contributed by atoms with Crippen LogP contribution in [0.2, 0.25) is 0 Å². The average molecular weight is 489 g/mol. The molecule has 1 saturated heterocycles. The number of isocyanates is 4. The van der Waals surface area contributed by atoms with E-state index >= 15 is 0 Å². The summed E-state index contributed by atoms with van der Waals surface area (Å²) in [5.41, 5.74) is 0. The number of carbonyl (C=O) groups excluding carboxylic acids is 4. The van der Waals surface area contributed by atoms with Crippen LogP contribution in [0.25, 0.3) is 0 Å². The van der Waals surface area contributed by atoms with Crippen molar-refractivity contribution in [2.24, 2.45) is 31.8 Å². The van der Waals surface area contributed by atoms with Gasteiger partial charge in [-0.1, -0.05) is 0 Å². The second-order valence-corrected chi connectivity index (χ2v) is 10.8. The number of hydrogen-bond donors (Lipinski definition) is 2. The molecule has 4 unspecified atom stereocenters. The first-order valence-corrected chi connectivity index (χ1v) is 12.4. The van der Waals surface area contributed by atoms with Gasteiger partial charge in [-0.25, -0.2) is 39.1 Å². The lowest BCUT2D eigenvalue weighted by atomic mass is 10.0. The van der Waals surface area contributed by atoms with Crippen LogP contribution in [0.3, 0.4) is 0 Å². The normalized spacial score (nSPS) is 22.1. The third-order valence-electron chi connectivity index (χ3n) is 4.69. The predicted molar refractivity (Wildman–Crippen MR) is 126 cm³/mol. The van der Waals surface area contributed by atoms with Gasteiger partial charge in [-0.05, 0) is 12.8 Å². The van der Waals surface area contributed by atoms with E-state index in [1.165, 1.54) is 24.3 Å². The van der Waals surface area contributed by atoms with E-state index in [4.69, 9.17) is 0 Å². The lowest BCUT2D eigenvalue weighted by Crippen LogP contribution is -2.31. The maximum atomic E-state index is 10.4. The fourth-order valence-electron chi connectivity index (χ4n) is 3.00. The summed E-state index contributed by atoms with van der Waals surface area (Å²) >= 11 is 13.0. The van der Waals surface area contributed by atoms with Gasteiger partial charge in [0.2, 0.25) is 24.3 Å². The van der Waals surface area contributed by atoms with E-state index in [-0.39, 0.29) is 48.5 Å². The first-order valence-electron chi connectivity index (χ1n) is 9.29. The molecule has 0 aromatic heterocycles. The lowest BCUT2D eigenvalue weighted by Gasteiger charge is -2.32. The first-order chi connectivity index (χ1) is 14.5. The van der Waals surface area contributed by atoms with Crippen molar-refractivity contribution in [3.8, 4) is 0 Å². The van der Waals surface area contributed by atoms with Gasteiger partial charge < -0.3 is 0 Å². The Bertz CT molecular complexity index is 609. The molecule has 0 amide bonds. The highest BCUT2D eigenvalue weighted by molar-refractivity contribution is 8.07. The van der Waals surface area contributed by atoms with Gasteiger partial charge in [0.15, 0.2) is 0 Å². The standard InChI is InChI=1S/C18H24N4O4S4/c23-9-19-3-13(4-20-10-24)17(27)1-15-7-30-16(8-29-15)2-18(28)14(5-21-11-25)6-22-12-26/h13-18,27-28H,1-8H2. The first kappa shape index (κ1) is 27.0. The van der Waals surface area contributed by atoms with Gasteiger partial charge in [0.1, 0.15) is 0 Å². The molecule has 0 bridgehead atoms. The molecule has 1 rings (SSSR count). The Hall–Kier alpha value is -1.08. The quantitative estimate of drug-likeness (QED) is 0.220. The van der Waals surface area contributed by atoms with Crippen LogP contribution in [0.4, 0.5) is 0 Å². The zero-order valence-corrected chi connectivity index (χ0v) is 19.7. The molecule has 0 aliphatic carbocycles. The van der Waals surface area contributed by atoms with Crippen LogP contribution in [-0.4, -0.2) is 83.0 Å². The molecule has 164 valence electrons. The summed E-state index contributed by atoms with van der Waals surface area (Å²) in [6, 6.07) is 0. The molecule has 8 nitrogen and oxygen atoms in total. The highest BCUT2D eigenvalue weighted by Crippen LogP contribution is 2.37. The van der Waals surface area contributed by atoms with Gasteiger partial charge in [0, 0.05) is 44.3 Å². The second-order valence-electron chi connectivity index (χ2n) is 6.76. The van der Waals surface area contributed by atoms with E-state index in [0.29, 0.717) is 10.5 Å². The molecular weight excluding hydrogens is 464 g/mol. The third kappa shape index (κ3) is 10.8. The van der Waals surface area contributed by atoms with E-state index in [2.05, 4.69) is 45.2 Å². The molecule has 1 aliphatic heterocycles. The van der Waals surface area contributed by atoms with E-state index < -0.39 is 0 Å². The SMILES string of the molecule is O=C=NCC(CN=C=O)C(S)CC1CSC(CC(S)C(CN=C=O)CN=C=O)CS1. The molecule has 0 aromatic rings. The Morgan fingerprint density at radius 3 is 1.20 bits per heavy atom. The van der Waals surface area contributed by atoms with Crippen molar-refractivity contribution in [3.05, 3.63) is 0 Å². The molecule has 30 heavy (non-hydrogen) atoms. The van der Waals surface area contributed by atoms with Gasteiger partial charge in [0.05, 0.1) is 26.2 Å². The van der Waals surface area contributed by atoms with Gasteiger partial charge in [0.25, 0.3) is 0 Å². The molecule has 0 N–H and O–H groups in total. The Balaban J connectivity index is 2.52. The summed E-state index contributed by atoms with van der Waals surface area (Å²) in [7, 11) is 0. The highest BCUT2D eigenvalue weighted by atomic mass is 32.2. The predicted octanol–water partition coefficient (Wildman–Crippen LogP) is 2.16. The fourth-order valence-corrected chi connectivity index (χ4v) is 7.34. The largest absolute Gasteiger partial charge is 0.234 e. The fraction of sp³-hybridized carbons (Fsp3) is 0.778. The number of thiol groups is 2. The summed E-state index contributed by atoms with van der Waals surface area (Å²) in [5, 5.41) is 0.701. The maximum Gasteiger partial charge on any atom is 0.234 e. The zero-order valence-electron chi connectivity index (χ0n) is 16.3. The monoisotopic (exact) mass is 488 g/mol. The van der Waals surface area contributed by atoms with Crippen molar-refractivity contribution in [3.63, 3.8) is 0 Å². The molecule has 0 aromatic carbocycles. The summed E-state index contributed by atoms with van der Waals surface area (Å²) in [6.07, 6.45) is 7.71. The van der Waals surface area contributed by atoms with Crippen molar-refractivity contribution in [1.29, 1.82) is 0 Å². The highest BCUT2D eigenvalue weighted by Gasteiger charge is 2.29. The lowest BCUT2D eigenvalue weighted by molar-refractivity contribution is 0.493. The van der Waals surface area contributed by atoms with Gasteiger partial charge in [-0.3, -0.25) is 0 Å². The smallest absolute Gasteiger partial charge is 0.211 e. The topological polar surface area (TPSA) is 118 Å². The Kier molecular flexibility index (Phi) is 14.9. The van der Waals surface area contributed by atoms with Crippen LogP contribution < -0.4 is 0 Å². The van der Waals surface area contributed by atoms with Crippen molar-refractivity contribution < 1.29 is 19.2 Å². The molecule has 4 atom stereocenters. The van der Waals surface area contributed by atoms with E-state index in [1.54, 1.807) is 0 Å². The number of aliphatic imine (C=N–C) groups is 4. The van der Waals surface area contributed by atoms with E-state index in [1.807, 2.05) is 23.5 Å². The number of rotatable bonds is 14. The van der Waals surface area contributed by atoms with Crippen molar-refractivity contribution in [1.82, 2.24) is 0 Å². The minimum Gasteiger partial charge on any atom is -0.211 e. The van der Waals surface area contributed by atoms with Crippen LogP contribution in [0.15, 0.2) is 20.0 Å². The maximum absolute atomic E-state index is 10.4. The molecule has 1 fully saturated rings.